The Hall–Kier alpha value is -3.18. The predicted molar refractivity (Wildman–Crippen MR) is 123 cm³/mol. The minimum absolute atomic E-state index is 0.457. The van der Waals surface area contributed by atoms with Gasteiger partial charge in [0.2, 0.25) is 0 Å². The Morgan fingerprint density at radius 2 is 1.57 bits per heavy atom. The number of hydrogen-bond donors (Lipinski definition) is 2. The zero-order valence-corrected chi connectivity index (χ0v) is 16.7. The van der Waals surface area contributed by atoms with Gasteiger partial charge in [-0.05, 0) is 54.5 Å². The summed E-state index contributed by atoms with van der Waals surface area (Å²) >= 11 is 5.24. The third-order valence-electron chi connectivity index (χ3n) is 4.27. The Morgan fingerprint density at radius 3 is 2.21 bits per heavy atom. The lowest BCUT2D eigenvalue weighted by atomic mass is 10.1. The third-order valence-corrected chi connectivity index (χ3v) is 4.46. The summed E-state index contributed by atoms with van der Waals surface area (Å²) in [6, 6.07) is 28.6. The molecule has 0 amide bonds. The van der Waals surface area contributed by atoms with Gasteiger partial charge in [0.15, 0.2) is 5.11 Å². The van der Waals surface area contributed by atoms with Gasteiger partial charge in [-0.3, -0.25) is 5.43 Å². The van der Waals surface area contributed by atoms with Gasteiger partial charge in [-0.15, -0.1) is 0 Å². The van der Waals surface area contributed by atoms with Gasteiger partial charge < -0.3 is 10.2 Å². The molecule has 28 heavy (non-hydrogen) atoms. The molecule has 0 saturated carbocycles. The van der Waals surface area contributed by atoms with E-state index in [0.29, 0.717) is 5.11 Å². The van der Waals surface area contributed by atoms with Crippen molar-refractivity contribution >= 4 is 34.9 Å². The monoisotopic (exact) mass is 388 g/mol. The van der Waals surface area contributed by atoms with Crippen LogP contribution in [0.15, 0.2) is 90.0 Å². The second kappa shape index (κ2) is 10.2. The Balaban J connectivity index is 1.54. The first-order chi connectivity index (χ1) is 13.7. The summed E-state index contributed by atoms with van der Waals surface area (Å²) < 4.78 is 0. The van der Waals surface area contributed by atoms with Crippen LogP contribution in [0.5, 0.6) is 0 Å². The molecule has 3 aromatic carbocycles. The van der Waals surface area contributed by atoms with Gasteiger partial charge in [0.1, 0.15) is 0 Å². The first kappa shape index (κ1) is 19.6. The highest BCUT2D eigenvalue weighted by Gasteiger charge is 2.05. The Kier molecular flexibility index (Phi) is 7.15. The van der Waals surface area contributed by atoms with Crippen LogP contribution in [0.1, 0.15) is 18.1 Å². The third kappa shape index (κ3) is 5.93. The van der Waals surface area contributed by atoms with E-state index in [1.54, 1.807) is 6.21 Å². The molecule has 0 aliphatic rings. The molecular formula is C23H24N4S. The molecule has 3 rings (SSSR count). The van der Waals surface area contributed by atoms with Gasteiger partial charge in [-0.25, -0.2) is 0 Å². The fraction of sp³-hybridized carbons (Fsp3) is 0.130. The minimum Gasteiger partial charge on any atom is -0.367 e. The van der Waals surface area contributed by atoms with Gasteiger partial charge in [0.25, 0.3) is 0 Å². The SMILES string of the molecule is CCN(Cc1ccccc1)c1ccc(/C=N/NC(=S)Nc2ccccc2)cc1. The van der Waals surface area contributed by atoms with E-state index >= 15 is 0 Å². The topological polar surface area (TPSA) is 39.7 Å². The molecule has 2 N–H and O–H groups in total. The molecule has 142 valence electrons. The maximum absolute atomic E-state index is 5.24. The van der Waals surface area contributed by atoms with E-state index in [1.165, 1.54) is 11.3 Å². The van der Waals surface area contributed by atoms with E-state index in [-0.39, 0.29) is 0 Å². The minimum atomic E-state index is 0.457. The highest BCUT2D eigenvalue weighted by Crippen LogP contribution is 2.17. The number of nitrogens with zero attached hydrogens (tertiary/aromatic N) is 2. The zero-order chi connectivity index (χ0) is 19.6. The van der Waals surface area contributed by atoms with Crippen LogP contribution in [0.25, 0.3) is 0 Å². The van der Waals surface area contributed by atoms with Crippen LogP contribution in [0.2, 0.25) is 0 Å². The lowest BCUT2D eigenvalue weighted by molar-refractivity contribution is 0.832. The first-order valence-electron chi connectivity index (χ1n) is 9.28. The molecule has 0 radical (unpaired) electrons. The summed E-state index contributed by atoms with van der Waals surface area (Å²) in [4.78, 5) is 2.34. The van der Waals surface area contributed by atoms with Crippen LogP contribution in [0, 0.1) is 0 Å². The van der Waals surface area contributed by atoms with E-state index in [1.807, 2.05) is 36.4 Å². The number of anilines is 2. The van der Waals surface area contributed by atoms with Crippen molar-refractivity contribution in [3.8, 4) is 0 Å². The number of nitrogens with one attached hydrogen (secondary N) is 2. The first-order valence-corrected chi connectivity index (χ1v) is 9.69. The molecular weight excluding hydrogens is 364 g/mol. The van der Waals surface area contributed by atoms with Gasteiger partial charge in [-0.2, -0.15) is 5.10 Å². The maximum Gasteiger partial charge on any atom is 0.191 e. The number of hydrogen-bond acceptors (Lipinski definition) is 3. The lowest BCUT2D eigenvalue weighted by Gasteiger charge is -2.23. The normalized spacial score (nSPS) is 10.6. The predicted octanol–water partition coefficient (Wildman–Crippen LogP) is 5.03. The van der Waals surface area contributed by atoms with Crippen molar-refractivity contribution < 1.29 is 0 Å². The van der Waals surface area contributed by atoms with Gasteiger partial charge in [0, 0.05) is 24.5 Å². The molecule has 0 heterocycles. The largest absolute Gasteiger partial charge is 0.367 e. The number of hydrazone groups is 1. The van der Waals surface area contributed by atoms with Crippen LogP contribution in [-0.4, -0.2) is 17.9 Å². The molecule has 5 heteroatoms. The highest BCUT2D eigenvalue weighted by atomic mass is 32.1. The lowest BCUT2D eigenvalue weighted by Crippen LogP contribution is -2.23. The van der Waals surface area contributed by atoms with Gasteiger partial charge >= 0.3 is 0 Å². The summed E-state index contributed by atoms with van der Waals surface area (Å²) in [6.07, 6.45) is 1.76. The molecule has 0 unspecified atom stereocenters. The molecule has 0 bridgehead atoms. The van der Waals surface area contributed by atoms with E-state index in [2.05, 4.69) is 76.2 Å². The number of para-hydroxylation sites is 1. The number of thiocarbonyl (C=S) groups is 1. The van der Waals surface area contributed by atoms with Crippen molar-refractivity contribution in [3.05, 3.63) is 96.1 Å². The van der Waals surface area contributed by atoms with Crippen molar-refractivity contribution in [1.82, 2.24) is 5.43 Å². The average molecular weight is 389 g/mol. The quantitative estimate of drug-likeness (QED) is 0.338. The molecule has 0 aliphatic carbocycles. The fourth-order valence-corrected chi connectivity index (χ4v) is 2.98. The van der Waals surface area contributed by atoms with E-state index in [0.717, 1.165) is 24.3 Å². The Bertz CT molecular complexity index is 893. The van der Waals surface area contributed by atoms with Gasteiger partial charge in [-0.1, -0.05) is 60.7 Å². The molecule has 0 saturated heterocycles. The molecule has 0 aliphatic heterocycles. The van der Waals surface area contributed by atoms with Crippen molar-refractivity contribution in [3.63, 3.8) is 0 Å². The molecule has 3 aromatic rings. The fourth-order valence-electron chi connectivity index (χ4n) is 2.81. The smallest absolute Gasteiger partial charge is 0.191 e. The zero-order valence-electron chi connectivity index (χ0n) is 15.9. The number of benzene rings is 3. The van der Waals surface area contributed by atoms with Crippen LogP contribution in [0.4, 0.5) is 11.4 Å². The molecule has 0 fully saturated rings. The van der Waals surface area contributed by atoms with Crippen LogP contribution >= 0.6 is 12.2 Å². The molecule has 0 spiro atoms. The van der Waals surface area contributed by atoms with Crippen molar-refractivity contribution in [2.75, 3.05) is 16.8 Å². The van der Waals surface area contributed by atoms with Crippen molar-refractivity contribution in [2.45, 2.75) is 13.5 Å². The van der Waals surface area contributed by atoms with Gasteiger partial charge in [0.05, 0.1) is 6.21 Å². The van der Waals surface area contributed by atoms with Crippen molar-refractivity contribution in [1.29, 1.82) is 0 Å². The Morgan fingerprint density at radius 1 is 0.929 bits per heavy atom. The summed E-state index contributed by atoms with van der Waals surface area (Å²) in [7, 11) is 0. The van der Waals surface area contributed by atoms with E-state index in [9.17, 15) is 0 Å². The van der Waals surface area contributed by atoms with Crippen molar-refractivity contribution in [2.24, 2.45) is 5.10 Å². The summed E-state index contributed by atoms with van der Waals surface area (Å²) in [5, 5.41) is 7.75. The molecule has 0 aromatic heterocycles. The van der Waals surface area contributed by atoms with E-state index in [4.69, 9.17) is 12.2 Å². The number of rotatable bonds is 7. The average Bonchev–Trinajstić information content (AvgIpc) is 2.74. The second-order valence-electron chi connectivity index (χ2n) is 6.28. The standard InChI is InChI=1S/C23H24N4S/c1-2-27(18-20-9-5-3-6-10-20)22-15-13-19(14-16-22)17-24-26-23(28)25-21-11-7-4-8-12-21/h3-17H,2,18H2,1H3,(H2,25,26,28)/b24-17+. The van der Waals surface area contributed by atoms with Crippen LogP contribution < -0.4 is 15.6 Å². The molecule has 4 nitrogen and oxygen atoms in total. The summed E-state index contributed by atoms with van der Waals surface area (Å²) in [6.45, 7) is 4.01. The van der Waals surface area contributed by atoms with Crippen LogP contribution in [0.3, 0.4) is 0 Å². The summed E-state index contributed by atoms with van der Waals surface area (Å²) in [5.41, 5.74) is 7.27. The maximum atomic E-state index is 5.24. The highest BCUT2D eigenvalue weighted by molar-refractivity contribution is 7.80. The Labute approximate surface area is 171 Å². The van der Waals surface area contributed by atoms with E-state index < -0.39 is 0 Å². The summed E-state index contributed by atoms with van der Waals surface area (Å²) in [5.74, 6) is 0. The van der Waals surface area contributed by atoms with Crippen LogP contribution in [-0.2, 0) is 6.54 Å². The second-order valence-corrected chi connectivity index (χ2v) is 6.69. The molecule has 0 atom stereocenters.